The number of rotatable bonds is 8. The van der Waals surface area contributed by atoms with E-state index in [0.29, 0.717) is 23.7 Å². The largest absolute Gasteiger partial charge is 0.367 e. The van der Waals surface area contributed by atoms with Gasteiger partial charge in [0.25, 0.3) is 0 Å². The van der Waals surface area contributed by atoms with Crippen LogP contribution in [0.4, 0.5) is 10.2 Å². The lowest BCUT2D eigenvalue weighted by molar-refractivity contribution is 0.581. The van der Waals surface area contributed by atoms with Crippen LogP contribution in [0.3, 0.4) is 0 Å². The average Bonchev–Trinajstić information content (AvgIpc) is 2.93. The van der Waals surface area contributed by atoms with Crippen LogP contribution in [0.1, 0.15) is 22.5 Å². The topological polar surface area (TPSA) is 102 Å². The van der Waals surface area contributed by atoms with Gasteiger partial charge in [-0.05, 0) is 56.2 Å². The number of aryl methyl sites for hydroxylation is 1. The second-order valence-electron chi connectivity index (χ2n) is 6.69. The third-order valence-corrected chi connectivity index (χ3v) is 5.88. The van der Waals surface area contributed by atoms with Crippen LogP contribution in [0, 0.1) is 26.6 Å². The normalized spacial score (nSPS) is 11.6. The standard InChI is InChI=1S/C19H23FN6O2S/c1-13-14(2)25-26(15(13)3)19-8-7-18(23-24-19)21-9-10-22-29(27,28)12-16-5-4-6-17(20)11-16/h4-8,11,22H,9-10,12H2,1-3H3,(H,21,23). The summed E-state index contributed by atoms with van der Waals surface area (Å²) in [5.74, 6) is 0.398. The van der Waals surface area contributed by atoms with E-state index in [1.54, 1.807) is 22.9 Å². The van der Waals surface area contributed by atoms with E-state index in [-0.39, 0.29) is 12.3 Å². The number of hydrogen-bond donors (Lipinski definition) is 2. The molecule has 0 saturated heterocycles. The van der Waals surface area contributed by atoms with Crippen LogP contribution in [0.2, 0.25) is 0 Å². The summed E-state index contributed by atoms with van der Waals surface area (Å²) in [7, 11) is -3.56. The Balaban J connectivity index is 1.51. The van der Waals surface area contributed by atoms with Crippen LogP contribution >= 0.6 is 0 Å². The molecule has 2 N–H and O–H groups in total. The molecule has 0 bridgehead atoms. The number of sulfonamides is 1. The first kappa shape index (κ1) is 20.9. The quantitative estimate of drug-likeness (QED) is 0.544. The molecule has 0 aliphatic heterocycles. The minimum Gasteiger partial charge on any atom is -0.367 e. The SMILES string of the molecule is Cc1nn(-c2ccc(NCCNS(=O)(=O)Cc3cccc(F)c3)nn2)c(C)c1C. The zero-order chi connectivity index (χ0) is 21.0. The predicted octanol–water partition coefficient (Wildman–Crippen LogP) is 2.26. The van der Waals surface area contributed by atoms with Gasteiger partial charge in [0.05, 0.1) is 11.4 Å². The monoisotopic (exact) mass is 418 g/mol. The van der Waals surface area contributed by atoms with Gasteiger partial charge in [-0.1, -0.05) is 12.1 Å². The second kappa shape index (κ2) is 8.66. The van der Waals surface area contributed by atoms with E-state index in [2.05, 4.69) is 25.3 Å². The lowest BCUT2D eigenvalue weighted by Gasteiger charge is -2.09. The molecule has 154 valence electrons. The highest BCUT2D eigenvalue weighted by molar-refractivity contribution is 7.88. The second-order valence-corrected chi connectivity index (χ2v) is 8.50. The van der Waals surface area contributed by atoms with Crippen molar-refractivity contribution < 1.29 is 12.8 Å². The van der Waals surface area contributed by atoms with Gasteiger partial charge < -0.3 is 5.32 Å². The number of benzene rings is 1. The van der Waals surface area contributed by atoms with E-state index in [1.807, 2.05) is 20.8 Å². The zero-order valence-electron chi connectivity index (χ0n) is 16.5. The van der Waals surface area contributed by atoms with Crippen molar-refractivity contribution in [2.45, 2.75) is 26.5 Å². The maximum Gasteiger partial charge on any atom is 0.215 e. The maximum atomic E-state index is 13.2. The summed E-state index contributed by atoms with van der Waals surface area (Å²) in [6, 6.07) is 9.09. The van der Waals surface area contributed by atoms with Crippen LogP contribution in [0.15, 0.2) is 36.4 Å². The van der Waals surface area contributed by atoms with E-state index in [0.717, 1.165) is 17.0 Å². The molecule has 3 aromatic rings. The van der Waals surface area contributed by atoms with Crippen molar-refractivity contribution in [3.8, 4) is 5.82 Å². The van der Waals surface area contributed by atoms with E-state index < -0.39 is 15.8 Å². The highest BCUT2D eigenvalue weighted by Gasteiger charge is 2.12. The fourth-order valence-electron chi connectivity index (χ4n) is 2.77. The molecule has 0 unspecified atom stereocenters. The van der Waals surface area contributed by atoms with Gasteiger partial charge in [-0.2, -0.15) is 5.10 Å². The Hall–Kier alpha value is -2.85. The molecule has 10 heteroatoms. The fraction of sp³-hybridized carbons (Fsp3) is 0.316. The first-order valence-corrected chi connectivity index (χ1v) is 10.7. The van der Waals surface area contributed by atoms with Gasteiger partial charge >= 0.3 is 0 Å². The molecule has 1 aromatic carbocycles. The zero-order valence-corrected chi connectivity index (χ0v) is 17.3. The van der Waals surface area contributed by atoms with Crippen molar-refractivity contribution >= 4 is 15.8 Å². The first-order valence-electron chi connectivity index (χ1n) is 9.08. The van der Waals surface area contributed by atoms with E-state index in [4.69, 9.17) is 0 Å². The molecular formula is C19H23FN6O2S. The Bertz CT molecular complexity index is 1100. The number of anilines is 1. The van der Waals surface area contributed by atoms with Crippen molar-refractivity contribution in [1.29, 1.82) is 0 Å². The Morgan fingerprint density at radius 1 is 1.07 bits per heavy atom. The number of nitrogens with one attached hydrogen (secondary N) is 2. The van der Waals surface area contributed by atoms with Crippen LogP contribution in [-0.4, -0.2) is 41.5 Å². The van der Waals surface area contributed by atoms with Gasteiger partial charge in [0.15, 0.2) is 5.82 Å². The minimum atomic E-state index is -3.56. The Kier molecular flexibility index (Phi) is 6.23. The lowest BCUT2D eigenvalue weighted by atomic mass is 10.2. The van der Waals surface area contributed by atoms with Crippen molar-refractivity contribution in [3.05, 3.63) is 64.7 Å². The summed E-state index contributed by atoms with van der Waals surface area (Å²) in [5, 5.41) is 15.7. The molecule has 0 radical (unpaired) electrons. The summed E-state index contributed by atoms with van der Waals surface area (Å²) < 4.78 is 41.6. The molecule has 2 aromatic heterocycles. The molecule has 29 heavy (non-hydrogen) atoms. The molecule has 0 aliphatic carbocycles. The van der Waals surface area contributed by atoms with Crippen molar-refractivity contribution in [3.63, 3.8) is 0 Å². The van der Waals surface area contributed by atoms with E-state index in [9.17, 15) is 12.8 Å². The number of hydrogen-bond acceptors (Lipinski definition) is 6. The fourth-order valence-corrected chi connectivity index (χ4v) is 3.90. The molecular weight excluding hydrogens is 395 g/mol. The smallest absolute Gasteiger partial charge is 0.215 e. The molecule has 3 rings (SSSR count). The van der Waals surface area contributed by atoms with Crippen molar-refractivity contribution in [2.24, 2.45) is 0 Å². The van der Waals surface area contributed by atoms with Crippen LogP contribution in [0.25, 0.3) is 5.82 Å². The Morgan fingerprint density at radius 2 is 1.86 bits per heavy atom. The van der Waals surface area contributed by atoms with Gasteiger partial charge in [0.2, 0.25) is 10.0 Å². The number of aromatic nitrogens is 4. The molecule has 2 heterocycles. The summed E-state index contributed by atoms with van der Waals surface area (Å²) in [6.07, 6.45) is 0. The lowest BCUT2D eigenvalue weighted by Crippen LogP contribution is -2.30. The molecule has 0 aliphatic rings. The van der Waals surface area contributed by atoms with Crippen molar-refractivity contribution in [2.75, 3.05) is 18.4 Å². The van der Waals surface area contributed by atoms with Gasteiger partial charge in [0.1, 0.15) is 11.6 Å². The summed E-state index contributed by atoms with van der Waals surface area (Å²) in [4.78, 5) is 0. The molecule has 0 atom stereocenters. The van der Waals surface area contributed by atoms with E-state index >= 15 is 0 Å². The van der Waals surface area contributed by atoms with Crippen LogP contribution in [-0.2, 0) is 15.8 Å². The molecule has 0 spiro atoms. The van der Waals surface area contributed by atoms with Crippen LogP contribution in [0.5, 0.6) is 0 Å². The summed E-state index contributed by atoms with van der Waals surface area (Å²) in [6.45, 7) is 6.41. The van der Waals surface area contributed by atoms with E-state index in [1.165, 1.54) is 18.2 Å². The average molecular weight is 418 g/mol. The summed E-state index contributed by atoms with van der Waals surface area (Å²) >= 11 is 0. The third kappa shape index (κ3) is 5.36. The van der Waals surface area contributed by atoms with Crippen molar-refractivity contribution in [1.82, 2.24) is 24.7 Å². The molecule has 0 amide bonds. The van der Waals surface area contributed by atoms with Gasteiger partial charge in [0, 0.05) is 18.8 Å². The first-order chi connectivity index (χ1) is 13.7. The molecule has 0 saturated carbocycles. The maximum absolute atomic E-state index is 13.2. The Labute approximate surface area is 169 Å². The van der Waals surface area contributed by atoms with Crippen LogP contribution < -0.4 is 10.0 Å². The highest BCUT2D eigenvalue weighted by Crippen LogP contribution is 2.15. The van der Waals surface area contributed by atoms with Gasteiger partial charge in [-0.25, -0.2) is 22.2 Å². The minimum absolute atomic E-state index is 0.164. The number of nitrogens with zero attached hydrogens (tertiary/aromatic N) is 4. The molecule has 8 nitrogen and oxygen atoms in total. The predicted molar refractivity (Wildman–Crippen MR) is 109 cm³/mol. The number of halogens is 1. The summed E-state index contributed by atoms with van der Waals surface area (Å²) in [5.41, 5.74) is 3.45. The highest BCUT2D eigenvalue weighted by atomic mass is 32.2. The Morgan fingerprint density at radius 3 is 2.48 bits per heavy atom. The van der Waals surface area contributed by atoms with Gasteiger partial charge in [-0.3, -0.25) is 0 Å². The van der Waals surface area contributed by atoms with Gasteiger partial charge in [-0.15, -0.1) is 10.2 Å². The third-order valence-electron chi connectivity index (χ3n) is 4.52. The molecule has 0 fully saturated rings.